The van der Waals surface area contributed by atoms with Gasteiger partial charge in [-0.05, 0) is 30.7 Å². The number of benzene rings is 1. The standard InChI is InChI=1S/C12H10FNO2/c1-2-16-12(15)6-4-9-3-5-10(8-14)11(13)7-9/h3-7H,2H2,1H3. The summed E-state index contributed by atoms with van der Waals surface area (Å²) in [5, 5.41) is 8.52. The predicted molar refractivity (Wildman–Crippen MR) is 56.8 cm³/mol. The number of carbonyl (C=O) groups is 1. The van der Waals surface area contributed by atoms with E-state index in [2.05, 4.69) is 4.74 Å². The van der Waals surface area contributed by atoms with Gasteiger partial charge in [0.05, 0.1) is 12.2 Å². The van der Waals surface area contributed by atoms with Gasteiger partial charge in [0.2, 0.25) is 0 Å². The molecule has 82 valence electrons. The molecule has 0 unspecified atom stereocenters. The van der Waals surface area contributed by atoms with Crippen LogP contribution in [0.2, 0.25) is 0 Å². The normalized spacial score (nSPS) is 10.1. The number of nitriles is 1. The second-order valence-electron chi connectivity index (χ2n) is 2.94. The molecule has 0 bridgehead atoms. The smallest absolute Gasteiger partial charge is 0.330 e. The van der Waals surface area contributed by atoms with Crippen molar-refractivity contribution in [2.45, 2.75) is 6.92 Å². The molecular weight excluding hydrogens is 209 g/mol. The summed E-state index contributed by atoms with van der Waals surface area (Å²) >= 11 is 0. The van der Waals surface area contributed by atoms with Crippen molar-refractivity contribution in [1.82, 2.24) is 0 Å². The Kier molecular flexibility index (Phi) is 4.22. The third kappa shape index (κ3) is 3.21. The maximum Gasteiger partial charge on any atom is 0.330 e. The molecule has 0 heterocycles. The molecule has 0 atom stereocenters. The Labute approximate surface area is 92.8 Å². The third-order valence-electron chi connectivity index (χ3n) is 1.81. The number of carbonyl (C=O) groups excluding carboxylic acids is 1. The van der Waals surface area contributed by atoms with E-state index >= 15 is 0 Å². The van der Waals surface area contributed by atoms with Crippen LogP contribution in [0.4, 0.5) is 4.39 Å². The maximum atomic E-state index is 13.2. The van der Waals surface area contributed by atoms with Crippen molar-refractivity contribution in [3.63, 3.8) is 0 Å². The number of nitrogens with zero attached hydrogens (tertiary/aromatic N) is 1. The molecule has 0 aliphatic rings. The second-order valence-corrected chi connectivity index (χ2v) is 2.94. The summed E-state index contributed by atoms with van der Waals surface area (Å²) in [5.41, 5.74) is 0.484. The summed E-state index contributed by atoms with van der Waals surface area (Å²) in [4.78, 5) is 11.0. The minimum atomic E-state index is -0.603. The Hall–Kier alpha value is -2.15. The van der Waals surface area contributed by atoms with Gasteiger partial charge in [-0.2, -0.15) is 5.26 Å². The van der Waals surface area contributed by atoms with Gasteiger partial charge in [-0.25, -0.2) is 9.18 Å². The van der Waals surface area contributed by atoms with Crippen LogP contribution in [-0.2, 0) is 9.53 Å². The van der Waals surface area contributed by atoms with E-state index in [0.29, 0.717) is 12.2 Å². The third-order valence-corrected chi connectivity index (χ3v) is 1.81. The van der Waals surface area contributed by atoms with Crippen molar-refractivity contribution < 1.29 is 13.9 Å². The zero-order valence-electron chi connectivity index (χ0n) is 8.74. The molecule has 1 aromatic rings. The van der Waals surface area contributed by atoms with Gasteiger partial charge in [0.1, 0.15) is 11.9 Å². The number of ether oxygens (including phenoxy) is 1. The van der Waals surface area contributed by atoms with Crippen LogP contribution in [0, 0.1) is 17.1 Å². The quantitative estimate of drug-likeness (QED) is 0.578. The average molecular weight is 219 g/mol. The first-order valence-electron chi connectivity index (χ1n) is 4.72. The first-order chi connectivity index (χ1) is 7.67. The van der Waals surface area contributed by atoms with Crippen LogP contribution in [0.25, 0.3) is 6.08 Å². The lowest BCUT2D eigenvalue weighted by molar-refractivity contribution is -0.137. The Morgan fingerprint density at radius 2 is 2.38 bits per heavy atom. The van der Waals surface area contributed by atoms with E-state index in [1.165, 1.54) is 24.3 Å². The van der Waals surface area contributed by atoms with Gasteiger partial charge in [-0.3, -0.25) is 0 Å². The van der Waals surface area contributed by atoms with Crippen LogP contribution in [-0.4, -0.2) is 12.6 Å². The molecule has 0 fully saturated rings. The Balaban J connectivity index is 2.80. The van der Waals surface area contributed by atoms with Crippen LogP contribution in [0.15, 0.2) is 24.3 Å². The lowest BCUT2D eigenvalue weighted by Gasteiger charge is -1.97. The summed E-state index contributed by atoms with van der Waals surface area (Å²) in [7, 11) is 0. The monoisotopic (exact) mass is 219 g/mol. The molecule has 0 saturated heterocycles. The van der Waals surface area contributed by atoms with Crippen LogP contribution < -0.4 is 0 Å². The highest BCUT2D eigenvalue weighted by Crippen LogP contribution is 2.10. The predicted octanol–water partition coefficient (Wildman–Crippen LogP) is 2.27. The van der Waals surface area contributed by atoms with Crippen LogP contribution in [0.1, 0.15) is 18.1 Å². The zero-order chi connectivity index (χ0) is 12.0. The van der Waals surface area contributed by atoms with Crippen LogP contribution >= 0.6 is 0 Å². The Morgan fingerprint density at radius 3 is 2.94 bits per heavy atom. The largest absolute Gasteiger partial charge is 0.463 e. The van der Waals surface area contributed by atoms with Gasteiger partial charge in [-0.1, -0.05) is 6.07 Å². The lowest BCUT2D eigenvalue weighted by atomic mass is 10.1. The fourth-order valence-electron chi connectivity index (χ4n) is 1.08. The summed E-state index contributed by atoms with van der Waals surface area (Å²) in [5.74, 6) is -1.08. The molecule has 4 heteroatoms. The van der Waals surface area contributed by atoms with Crippen LogP contribution in [0.5, 0.6) is 0 Å². The fourth-order valence-corrected chi connectivity index (χ4v) is 1.08. The Morgan fingerprint density at radius 1 is 1.62 bits per heavy atom. The molecule has 0 aromatic heterocycles. The van der Waals surface area contributed by atoms with Gasteiger partial charge in [0, 0.05) is 6.08 Å². The number of rotatable bonds is 3. The Bertz CT molecular complexity index is 461. The minimum Gasteiger partial charge on any atom is -0.463 e. The molecule has 0 saturated carbocycles. The molecule has 0 aliphatic carbocycles. The summed E-state index contributed by atoms with van der Waals surface area (Å²) in [6.07, 6.45) is 2.65. The maximum absolute atomic E-state index is 13.2. The summed E-state index contributed by atoms with van der Waals surface area (Å²) in [6.45, 7) is 2.00. The van der Waals surface area contributed by atoms with Gasteiger partial charge in [0.25, 0.3) is 0 Å². The average Bonchev–Trinajstić information content (AvgIpc) is 2.27. The van der Waals surface area contributed by atoms with Crippen molar-refractivity contribution in [3.8, 4) is 6.07 Å². The number of halogens is 1. The molecule has 1 rings (SSSR count). The highest BCUT2D eigenvalue weighted by molar-refractivity contribution is 5.87. The van der Waals surface area contributed by atoms with Gasteiger partial charge in [-0.15, -0.1) is 0 Å². The highest BCUT2D eigenvalue weighted by atomic mass is 19.1. The van der Waals surface area contributed by atoms with Gasteiger partial charge >= 0.3 is 5.97 Å². The highest BCUT2D eigenvalue weighted by Gasteiger charge is 2.01. The first kappa shape index (κ1) is 11.9. The first-order valence-corrected chi connectivity index (χ1v) is 4.72. The molecule has 0 N–H and O–H groups in total. The topological polar surface area (TPSA) is 50.1 Å². The van der Waals surface area contributed by atoms with E-state index in [9.17, 15) is 9.18 Å². The fraction of sp³-hybridized carbons (Fsp3) is 0.167. The lowest BCUT2D eigenvalue weighted by Crippen LogP contribution is -1.98. The van der Waals surface area contributed by atoms with E-state index in [-0.39, 0.29) is 5.56 Å². The second kappa shape index (κ2) is 5.66. The molecule has 1 aromatic carbocycles. The number of hydrogen-bond donors (Lipinski definition) is 0. The van der Waals surface area contributed by atoms with Crippen LogP contribution in [0.3, 0.4) is 0 Å². The van der Waals surface area contributed by atoms with Crippen molar-refractivity contribution in [2.24, 2.45) is 0 Å². The van der Waals surface area contributed by atoms with Crippen molar-refractivity contribution in [2.75, 3.05) is 6.61 Å². The van der Waals surface area contributed by atoms with Gasteiger partial charge < -0.3 is 4.74 Å². The van der Waals surface area contributed by atoms with E-state index in [4.69, 9.17) is 5.26 Å². The van der Waals surface area contributed by atoms with E-state index < -0.39 is 11.8 Å². The molecule has 0 radical (unpaired) electrons. The molecular formula is C12H10FNO2. The SMILES string of the molecule is CCOC(=O)C=Cc1ccc(C#N)c(F)c1. The van der Waals surface area contributed by atoms with E-state index in [0.717, 1.165) is 0 Å². The van der Waals surface area contributed by atoms with E-state index in [1.54, 1.807) is 19.1 Å². The summed E-state index contributed by atoms with van der Waals surface area (Å²) in [6, 6.07) is 5.82. The number of esters is 1. The van der Waals surface area contributed by atoms with Crippen molar-refractivity contribution in [3.05, 3.63) is 41.2 Å². The zero-order valence-corrected chi connectivity index (χ0v) is 8.74. The molecule has 0 aliphatic heterocycles. The molecule has 16 heavy (non-hydrogen) atoms. The molecule has 0 amide bonds. The minimum absolute atomic E-state index is 0.0201. The van der Waals surface area contributed by atoms with Crippen molar-refractivity contribution in [1.29, 1.82) is 5.26 Å². The number of hydrogen-bond acceptors (Lipinski definition) is 3. The van der Waals surface area contributed by atoms with E-state index in [1.807, 2.05) is 0 Å². The molecule has 3 nitrogen and oxygen atoms in total. The summed E-state index contributed by atoms with van der Waals surface area (Å²) < 4.78 is 17.8. The van der Waals surface area contributed by atoms with Crippen molar-refractivity contribution >= 4 is 12.0 Å². The molecule has 0 spiro atoms. The van der Waals surface area contributed by atoms with Gasteiger partial charge in [0.15, 0.2) is 0 Å².